The number of imide groups is 1. The Hall–Kier alpha value is -3.00. The zero-order valence-corrected chi connectivity index (χ0v) is 16.2. The van der Waals surface area contributed by atoms with E-state index in [1.807, 2.05) is 0 Å². The van der Waals surface area contributed by atoms with Crippen LogP contribution in [0.15, 0.2) is 42.5 Å². The standard InChI is InChI=1S/C20H18ClF2N3O3/c1-20(15-7-6-14(23)10-16(15)21)18(28)26(19(29)25-20)11-17(27)24-9-8-12-2-4-13(22)5-3-12/h2-7,10H,8-9,11H2,1H3,(H,24,27)(H,25,29). The molecule has 2 N–H and O–H groups in total. The number of amides is 4. The molecule has 0 saturated carbocycles. The van der Waals surface area contributed by atoms with Gasteiger partial charge in [-0.05, 0) is 43.2 Å². The van der Waals surface area contributed by atoms with E-state index in [-0.39, 0.29) is 22.9 Å². The molecular formula is C20H18ClF2N3O3. The van der Waals surface area contributed by atoms with Crippen LogP contribution in [0.25, 0.3) is 0 Å². The number of carbonyl (C=O) groups is 3. The van der Waals surface area contributed by atoms with Gasteiger partial charge in [0, 0.05) is 17.1 Å². The van der Waals surface area contributed by atoms with Crippen LogP contribution >= 0.6 is 11.6 Å². The minimum absolute atomic E-state index is 0.00764. The Kier molecular flexibility index (Phi) is 5.83. The molecule has 1 atom stereocenters. The summed E-state index contributed by atoms with van der Waals surface area (Å²) in [7, 11) is 0. The highest BCUT2D eigenvalue weighted by Gasteiger charge is 2.50. The van der Waals surface area contributed by atoms with Crippen LogP contribution in [0.1, 0.15) is 18.1 Å². The smallest absolute Gasteiger partial charge is 0.325 e. The molecule has 0 aliphatic carbocycles. The molecule has 1 aliphatic heterocycles. The van der Waals surface area contributed by atoms with Crippen molar-refractivity contribution >= 4 is 29.4 Å². The van der Waals surface area contributed by atoms with Gasteiger partial charge in [0.2, 0.25) is 5.91 Å². The van der Waals surface area contributed by atoms with Crippen LogP contribution < -0.4 is 10.6 Å². The van der Waals surface area contributed by atoms with Crippen LogP contribution in [0.5, 0.6) is 0 Å². The van der Waals surface area contributed by atoms with Crippen LogP contribution in [0.2, 0.25) is 5.02 Å². The summed E-state index contributed by atoms with van der Waals surface area (Å²) in [5.41, 5.74) is -0.436. The molecule has 0 aromatic heterocycles. The Balaban J connectivity index is 1.62. The lowest BCUT2D eigenvalue weighted by Crippen LogP contribution is -2.43. The molecule has 3 rings (SSSR count). The maximum absolute atomic E-state index is 13.3. The van der Waals surface area contributed by atoms with E-state index in [9.17, 15) is 23.2 Å². The van der Waals surface area contributed by atoms with Gasteiger partial charge in [0.25, 0.3) is 5.91 Å². The summed E-state index contributed by atoms with van der Waals surface area (Å²) in [4.78, 5) is 38.0. The topological polar surface area (TPSA) is 78.5 Å². The molecule has 1 unspecified atom stereocenters. The first-order valence-corrected chi connectivity index (χ1v) is 9.19. The average molecular weight is 422 g/mol. The van der Waals surface area contributed by atoms with Gasteiger partial charge in [0.05, 0.1) is 0 Å². The molecule has 1 heterocycles. The molecule has 152 valence electrons. The zero-order chi connectivity index (χ0) is 21.2. The number of urea groups is 1. The van der Waals surface area contributed by atoms with Gasteiger partial charge >= 0.3 is 6.03 Å². The second kappa shape index (κ2) is 8.16. The Bertz CT molecular complexity index is 968. The van der Waals surface area contributed by atoms with E-state index < -0.39 is 35.7 Å². The number of nitrogens with one attached hydrogen (secondary N) is 2. The van der Waals surface area contributed by atoms with E-state index in [1.165, 1.54) is 25.1 Å². The van der Waals surface area contributed by atoms with Crippen molar-refractivity contribution in [2.24, 2.45) is 0 Å². The molecule has 0 radical (unpaired) electrons. The van der Waals surface area contributed by atoms with Gasteiger partial charge in [0.1, 0.15) is 23.7 Å². The highest BCUT2D eigenvalue weighted by Crippen LogP contribution is 2.33. The SMILES string of the molecule is CC1(c2ccc(F)cc2Cl)NC(=O)N(CC(=O)NCCc2ccc(F)cc2)C1=O. The lowest BCUT2D eigenvalue weighted by molar-refractivity contribution is -0.134. The van der Waals surface area contributed by atoms with Gasteiger partial charge < -0.3 is 10.6 Å². The van der Waals surface area contributed by atoms with Crippen molar-refractivity contribution in [3.8, 4) is 0 Å². The summed E-state index contributed by atoms with van der Waals surface area (Å²) >= 11 is 6.04. The van der Waals surface area contributed by atoms with Crippen LogP contribution in [-0.2, 0) is 21.5 Å². The summed E-state index contributed by atoms with van der Waals surface area (Å²) in [6, 6.07) is 8.63. The molecule has 2 aromatic rings. The largest absolute Gasteiger partial charge is 0.354 e. The second-order valence-corrected chi connectivity index (χ2v) is 7.20. The molecule has 1 aliphatic rings. The number of hydrogen-bond donors (Lipinski definition) is 2. The van der Waals surface area contributed by atoms with Gasteiger partial charge in [-0.15, -0.1) is 0 Å². The lowest BCUT2D eigenvalue weighted by atomic mass is 9.92. The summed E-state index contributed by atoms with van der Waals surface area (Å²) in [6.07, 6.45) is 0.467. The monoisotopic (exact) mass is 421 g/mol. The van der Waals surface area contributed by atoms with E-state index in [0.717, 1.165) is 22.6 Å². The minimum atomic E-state index is -1.50. The molecule has 1 fully saturated rings. The third kappa shape index (κ3) is 4.37. The third-order valence-electron chi connectivity index (χ3n) is 4.70. The maximum Gasteiger partial charge on any atom is 0.325 e. The minimum Gasteiger partial charge on any atom is -0.354 e. The number of rotatable bonds is 6. The first-order chi connectivity index (χ1) is 13.7. The summed E-state index contributed by atoms with van der Waals surface area (Å²) in [5, 5.41) is 5.12. The summed E-state index contributed by atoms with van der Waals surface area (Å²) in [6.45, 7) is 1.23. The van der Waals surface area contributed by atoms with Crippen molar-refractivity contribution in [1.29, 1.82) is 0 Å². The van der Waals surface area contributed by atoms with Crippen molar-refractivity contribution in [2.75, 3.05) is 13.1 Å². The predicted molar refractivity (Wildman–Crippen MR) is 102 cm³/mol. The van der Waals surface area contributed by atoms with Gasteiger partial charge in [0.15, 0.2) is 0 Å². The van der Waals surface area contributed by atoms with Crippen molar-refractivity contribution in [2.45, 2.75) is 18.9 Å². The van der Waals surface area contributed by atoms with Gasteiger partial charge in [-0.3, -0.25) is 14.5 Å². The zero-order valence-electron chi connectivity index (χ0n) is 15.5. The van der Waals surface area contributed by atoms with Crippen LogP contribution in [0.3, 0.4) is 0 Å². The third-order valence-corrected chi connectivity index (χ3v) is 5.01. The van der Waals surface area contributed by atoms with Gasteiger partial charge in [-0.2, -0.15) is 0 Å². The van der Waals surface area contributed by atoms with Crippen LogP contribution in [-0.4, -0.2) is 35.8 Å². The van der Waals surface area contributed by atoms with E-state index in [0.29, 0.717) is 6.42 Å². The van der Waals surface area contributed by atoms with Gasteiger partial charge in [-0.25, -0.2) is 13.6 Å². The Labute approximate surface area is 170 Å². The fourth-order valence-corrected chi connectivity index (χ4v) is 3.47. The number of nitrogens with zero attached hydrogens (tertiary/aromatic N) is 1. The first kappa shape index (κ1) is 20.7. The molecule has 6 nitrogen and oxygen atoms in total. The molecule has 29 heavy (non-hydrogen) atoms. The van der Waals surface area contributed by atoms with Crippen LogP contribution in [0.4, 0.5) is 13.6 Å². The van der Waals surface area contributed by atoms with Crippen molar-refractivity contribution < 1.29 is 23.2 Å². The van der Waals surface area contributed by atoms with Crippen molar-refractivity contribution in [3.05, 3.63) is 70.2 Å². The highest BCUT2D eigenvalue weighted by molar-refractivity contribution is 6.32. The fraction of sp³-hybridized carbons (Fsp3) is 0.250. The lowest BCUT2D eigenvalue weighted by Gasteiger charge is -2.23. The van der Waals surface area contributed by atoms with E-state index in [1.54, 1.807) is 12.1 Å². The van der Waals surface area contributed by atoms with E-state index >= 15 is 0 Å². The first-order valence-electron chi connectivity index (χ1n) is 8.81. The average Bonchev–Trinajstić information content (AvgIpc) is 2.87. The predicted octanol–water partition coefficient (Wildman–Crippen LogP) is 2.74. The fourth-order valence-electron chi connectivity index (χ4n) is 3.11. The molecular weight excluding hydrogens is 404 g/mol. The normalized spacial score (nSPS) is 18.7. The molecule has 9 heteroatoms. The molecule has 0 bridgehead atoms. The number of benzene rings is 2. The second-order valence-electron chi connectivity index (χ2n) is 6.80. The Morgan fingerprint density at radius 2 is 1.79 bits per heavy atom. The Morgan fingerprint density at radius 1 is 1.14 bits per heavy atom. The molecule has 4 amide bonds. The van der Waals surface area contributed by atoms with E-state index in [4.69, 9.17) is 11.6 Å². The summed E-state index contributed by atoms with van der Waals surface area (Å²) < 4.78 is 26.2. The molecule has 0 spiro atoms. The number of carbonyl (C=O) groups excluding carboxylic acids is 3. The van der Waals surface area contributed by atoms with Crippen molar-refractivity contribution in [1.82, 2.24) is 15.5 Å². The number of hydrogen-bond acceptors (Lipinski definition) is 3. The van der Waals surface area contributed by atoms with E-state index in [2.05, 4.69) is 10.6 Å². The number of halogens is 3. The summed E-state index contributed by atoms with van der Waals surface area (Å²) in [5.74, 6) is -2.10. The molecule has 1 saturated heterocycles. The Morgan fingerprint density at radius 3 is 2.45 bits per heavy atom. The van der Waals surface area contributed by atoms with Crippen molar-refractivity contribution in [3.63, 3.8) is 0 Å². The molecule has 2 aromatic carbocycles. The van der Waals surface area contributed by atoms with Gasteiger partial charge in [-0.1, -0.05) is 29.8 Å². The van der Waals surface area contributed by atoms with Crippen LogP contribution in [0, 0.1) is 11.6 Å². The quantitative estimate of drug-likeness (QED) is 0.704. The highest BCUT2D eigenvalue weighted by atomic mass is 35.5. The maximum atomic E-state index is 13.3.